The lowest BCUT2D eigenvalue weighted by atomic mass is 9.87. The van der Waals surface area contributed by atoms with E-state index in [9.17, 15) is 0 Å². The smallest absolute Gasteiger partial charge is 0.244 e. The molecule has 0 saturated heterocycles. The molecule has 0 aliphatic rings. The molecule has 2 heterocycles. The predicted octanol–water partition coefficient (Wildman–Crippen LogP) is 2.83. The van der Waals surface area contributed by atoms with Crippen molar-refractivity contribution in [1.82, 2.24) is 15.1 Å². The van der Waals surface area contributed by atoms with Gasteiger partial charge in [0.1, 0.15) is 5.69 Å². The van der Waals surface area contributed by atoms with E-state index in [0.29, 0.717) is 22.4 Å². The van der Waals surface area contributed by atoms with Gasteiger partial charge in [-0.05, 0) is 17.5 Å². The minimum atomic E-state index is -0.332. The number of aromatic nitrogens is 3. The van der Waals surface area contributed by atoms with Gasteiger partial charge in [-0.25, -0.2) is 0 Å². The molecule has 0 bridgehead atoms. The van der Waals surface area contributed by atoms with E-state index in [0.717, 1.165) is 0 Å². The van der Waals surface area contributed by atoms with Gasteiger partial charge in [0.2, 0.25) is 11.7 Å². The molecule has 0 amide bonds. The second-order valence-corrected chi connectivity index (χ2v) is 5.54. The standard InChI is InChI=1S/C12H15ClN4O/c1-12(2,3)9(14)11-16-10(17-18-11)8-7(13)5-4-6-15-8/h4-6,9H,14H2,1-3H3/t9-/m1/s1. The van der Waals surface area contributed by atoms with Crippen LogP contribution in [0, 0.1) is 5.41 Å². The highest BCUT2D eigenvalue weighted by Crippen LogP contribution is 2.31. The number of hydrogen-bond donors (Lipinski definition) is 1. The quantitative estimate of drug-likeness (QED) is 0.904. The second-order valence-electron chi connectivity index (χ2n) is 5.13. The maximum Gasteiger partial charge on any atom is 0.244 e. The van der Waals surface area contributed by atoms with Gasteiger partial charge in [0.05, 0.1) is 11.1 Å². The number of nitrogens with two attached hydrogens (primary N) is 1. The van der Waals surface area contributed by atoms with E-state index in [1.165, 1.54) is 0 Å². The Hall–Kier alpha value is -1.46. The minimum Gasteiger partial charge on any atom is -0.337 e. The van der Waals surface area contributed by atoms with Crippen LogP contribution in [0.25, 0.3) is 11.5 Å². The van der Waals surface area contributed by atoms with Gasteiger partial charge in [0.25, 0.3) is 0 Å². The van der Waals surface area contributed by atoms with Gasteiger partial charge in [0.15, 0.2) is 0 Å². The molecule has 0 aliphatic carbocycles. The lowest BCUT2D eigenvalue weighted by Crippen LogP contribution is -2.26. The molecule has 0 saturated carbocycles. The molecule has 2 aromatic heterocycles. The van der Waals surface area contributed by atoms with Crippen LogP contribution in [0.15, 0.2) is 22.9 Å². The van der Waals surface area contributed by atoms with Gasteiger partial charge in [0, 0.05) is 6.20 Å². The Balaban J connectivity index is 2.35. The molecule has 0 aromatic carbocycles. The van der Waals surface area contributed by atoms with Crippen LogP contribution in [0.5, 0.6) is 0 Å². The zero-order chi connectivity index (χ0) is 13.3. The van der Waals surface area contributed by atoms with Crippen molar-refractivity contribution in [3.05, 3.63) is 29.2 Å². The Morgan fingerprint density at radius 2 is 2.11 bits per heavy atom. The largest absolute Gasteiger partial charge is 0.337 e. The first-order valence-corrected chi connectivity index (χ1v) is 5.97. The van der Waals surface area contributed by atoms with E-state index in [2.05, 4.69) is 15.1 Å². The molecule has 18 heavy (non-hydrogen) atoms. The molecule has 0 aliphatic heterocycles. The third kappa shape index (κ3) is 2.52. The first-order chi connectivity index (χ1) is 8.39. The minimum absolute atomic E-state index is 0.155. The van der Waals surface area contributed by atoms with Crippen molar-refractivity contribution in [2.45, 2.75) is 26.8 Å². The molecule has 2 rings (SSSR count). The Labute approximate surface area is 110 Å². The van der Waals surface area contributed by atoms with E-state index in [-0.39, 0.29) is 11.5 Å². The first kappa shape index (κ1) is 13.0. The maximum absolute atomic E-state index is 6.05. The van der Waals surface area contributed by atoms with Crippen LogP contribution in [0.2, 0.25) is 5.02 Å². The van der Waals surface area contributed by atoms with Crippen molar-refractivity contribution < 1.29 is 4.52 Å². The zero-order valence-electron chi connectivity index (χ0n) is 10.5. The summed E-state index contributed by atoms with van der Waals surface area (Å²) < 4.78 is 5.18. The molecule has 96 valence electrons. The molecule has 6 heteroatoms. The van der Waals surface area contributed by atoms with Crippen molar-refractivity contribution in [2.75, 3.05) is 0 Å². The Bertz CT molecular complexity index is 547. The molecule has 5 nitrogen and oxygen atoms in total. The zero-order valence-corrected chi connectivity index (χ0v) is 11.3. The number of pyridine rings is 1. The summed E-state index contributed by atoms with van der Waals surface area (Å²) in [7, 11) is 0. The van der Waals surface area contributed by atoms with Crippen molar-refractivity contribution in [2.24, 2.45) is 11.1 Å². The van der Waals surface area contributed by atoms with Crippen LogP contribution in [0.1, 0.15) is 32.7 Å². The third-order valence-electron chi connectivity index (χ3n) is 2.61. The Morgan fingerprint density at radius 3 is 2.72 bits per heavy atom. The summed E-state index contributed by atoms with van der Waals surface area (Å²) in [6.45, 7) is 6.03. The average Bonchev–Trinajstić information content (AvgIpc) is 2.76. The van der Waals surface area contributed by atoms with E-state index >= 15 is 0 Å². The SMILES string of the molecule is CC(C)(C)[C@H](N)c1nc(-c2ncccc2Cl)no1. The average molecular weight is 267 g/mol. The van der Waals surface area contributed by atoms with Crippen molar-refractivity contribution in [1.29, 1.82) is 0 Å². The summed E-state index contributed by atoms with van der Waals surface area (Å²) >= 11 is 6.02. The van der Waals surface area contributed by atoms with E-state index in [1.54, 1.807) is 18.3 Å². The van der Waals surface area contributed by atoms with Crippen LogP contribution >= 0.6 is 11.6 Å². The van der Waals surface area contributed by atoms with Gasteiger partial charge >= 0.3 is 0 Å². The molecule has 0 unspecified atom stereocenters. The summed E-state index contributed by atoms with van der Waals surface area (Å²) in [6.07, 6.45) is 1.63. The fourth-order valence-electron chi connectivity index (χ4n) is 1.38. The summed E-state index contributed by atoms with van der Waals surface area (Å²) in [5.74, 6) is 0.745. The van der Waals surface area contributed by atoms with Crippen molar-refractivity contribution in [3.8, 4) is 11.5 Å². The Morgan fingerprint density at radius 1 is 1.39 bits per heavy atom. The summed E-state index contributed by atoms with van der Waals surface area (Å²) in [4.78, 5) is 8.38. The summed E-state index contributed by atoms with van der Waals surface area (Å²) in [5.41, 5.74) is 6.39. The highest BCUT2D eigenvalue weighted by molar-refractivity contribution is 6.32. The van der Waals surface area contributed by atoms with Gasteiger partial charge in [-0.2, -0.15) is 4.98 Å². The molecule has 1 atom stereocenters. The van der Waals surface area contributed by atoms with Crippen LogP contribution in [-0.2, 0) is 0 Å². The summed E-state index contributed by atoms with van der Waals surface area (Å²) in [6, 6.07) is 3.14. The van der Waals surface area contributed by atoms with E-state index in [4.69, 9.17) is 21.9 Å². The molecule has 0 radical (unpaired) electrons. The van der Waals surface area contributed by atoms with Gasteiger partial charge < -0.3 is 10.3 Å². The molecular formula is C12H15ClN4O. The van der Waals surface area contributed by atoms with Crippen LogP contribution in [0.3, 0.4) is 0 Å². The first-order valence-electron chi connectivity index (χ1n) is 5.59. The van der Waals surface area contributed by atoms with Gasteiger partial charge in [-0.15, -0.1) is 0 Å². The number of hydrogen-bond acceptors (Lipinski definition) is 5. The van der Waals surface area contributed by atoms with Crippen LogP contribution < -0.4 is 5.73 Å². The summed E-state index contributed by atoms with van der Waals surface area (Å²) in [5, 5.41) is 4.35. The molecule has 2 aromatic rings. The number of halogens is 1. The number of nitrogens with zero attached hydrogens (tertiary/aromatic N) is 3. The monoisotopic (exact) mass is 266 g/mol. The highest BCUT2D eigenvalue weighted by atomic mass is 35.5. The normalized spacial score (nSPS) is 13.6. The lowest BCUT2D eigenvalue weighted by Gasteiger charge is -2.23. The molecule has 0 fully saturated rings. The van der Waals surface area contributed by atoms with Crippen LogP contribution in [-0.4, -0.2) is 15.1 Å². The van der Waals surface area contributed by atoms with Crippen molar-refractivity contribution in [3.63, 3.8) is 0 Å². The lowest BCUT2D eigenvalue weighted by molar-refractivity contribution is 0.253. The fourth-order valence-corrected chi connectivity index (χ4v) is 1.58. The topological polar surface area (TPSA) is 77.8 Å². The highest BCUT2D eigenvalue weighted by Gasteiger charge is 2.28. The third-order valence-corrected chi connectivity index (χ3v) is 2.92. The second kappa shape index (κ2) is 4.66. The van der Waals surface area contributed by atoms with Crippen molar-refractivity contribution >= 4 is 11.6 Å². The molecule has 0 spiro atoms. The fraction of sp³-hybridized carbons (Fsp3) is 0.417. The Kier molecular flexibility index (Phi) is 3.36. The van der Waals surface area contributed by atoms with Gasteiger partial charge in [-0.3, -0.25) is 4.98 Å². The van der Waals surface area contributed by atoms with Crippen LogP contribution in [0.4, 0.5) is 0 Å². The molecular weight excluding hydrogens is 252 g/mol. The van der Waals surface area contributed by atoms with Gasteiger partial charge in [-0.1, -0.05) is 37.5 Å². The van der Waals surface area contributed by atoms with E-state index in [1.807, 2.05) is 20.8 Å². The number of rotatable bonds is 2. The molecule has 2 N–H and O–H groups in total. The predicted molar refractivity (Wildman–Crippen MR) is 68.9 cm³/mol. The van der Waals surface area contributed by atoms with E-state index < -0.39 is 0 Å². The maximum atomic E-state index is 6.05.